The number of benzene rings is 2. The Kier molecular flexibility index (Phi) is 5.50. The first-order chi connectivity index (χ1) is 12.9. The number of hydrogen-bond acceptors (Lipinski definition) is 4. The van der Waals surface area contributed by atoms with Crippen LogP contribution in [0.5, 0.6) is 0 Å². The Labute approximate surface area is 158 Å². The summed E-state index contributed by atoms with van der Waals surface area (Å²) in [5.74, 6) is 0.312. The van der Waals surface area contributed by atoms with Crippen molar-refractivity contribution in [3.63, 3.8) is 0 Å². The molecule has 0 saturated heterocycles. The van der Waals surface area contributed by atoms with Crippen molar-refractivity contribution in [2.75, 3.05) is 19.0 Å². The van der Waals surface area contributed by atoms with Crippen molar-refractivity contribution in [2.45, 2.75) is 19.3 Å². The van der Waals surface area contributed by atoms with Crippen molar-refractivity contribution in [2.24, 2.45) is 0 Å². The van der Waals surface area contributed by atoms with E-state index in [1.165, 1.54) is 6.07 Å². The molecule has 3 aromatic rings. The molecule has 27 heavy (non-hydrogen) atoms. The number of anilines is 1. The number of nitrogens with zero attached hydrogens (tertiary/aromatic N) is 2. The fraction of sp³-hybridized carbons (Fsp3) is 0.227. The minimum absolute atomic E-state index is 0.0370. The lowest BCUT2D eigenvalue weighted by Crippen LogP contribution is -2.15. The molecule has 1 atom stereocenters. The summed E-state index contributed by atoms with van der Waals surface area (Å²) in [6, 6.07) is 18.7. The number of aromatic nitrogens is 2. The summed E-state index contributed by atoms with van der Waals surface area (Å²) in [4.78, 5) is 33.8. The molecule has 0 radical (unpaired) electrons. The van der Waals surface area contributed by atoms with Crippen LogP contribution in [0.2, 0.25) is 0 Å². The van der Waals surface area contributed by atoms with Gasteiger partial charge in [-0.25, -0.2) is 4.98 Å². The fourth-order valence-electron chi connectivity index (χ4n) is 2.93. The molecule has 0 unspecified atom stereocenters. The van der Waals surface area contributed by atoms with Crippen LogP contribution in [0.1, 0.15) is 35.3 Å². The van der Waals surface area contributed by atoms with Crippen LogP contribution in [-0.4, -0.2) is 29.8 Å². The Morgan fingerprint density at radius 3 is 2.37 bits per heavy atom. The SMILES string of the molecule is C[C@@H](CC(=O)c1cc(=O)[nH]c(-c2ccccc2)n1)c1ccc(N(C)C)cc1. The molecule has 3 rings (SSSR count). The van der Waals surface area contributed by atoms with Gasteiger partial charge in [0.1, 0.15) is 11.5 Å². The third-order valence-corrected chi connectivity index (χ3v) is 4.54. The molecule has 0 saturated carbocycles. The number of hydrogen-bond donors (Lipinski definition) is 1. The Balaban J connectivity index is 1.79. The molecule has 0 aliphatic carbocycles. The number of H-pyrrole nitrogens is 1. The molecule has 138 valence electrons. The van der Waals surface area contributed by atoms with Gasteiger partial charge in [-0.3, -0.25) is 9.59 Å². The number of carbonyl (C=O) groups is 1. The lowest BCUT2D eigenvalue weighted by atomic mass is 9.94. The molecule has 1 aromatic heterocycles. The molecule has 0 spiro atoms. The van der Waals surface area contributed by atoms with Crippen molar-refractivity contribution in [3.05, 3.63) is 82.3 Å². The van der Waals surface area contributed by atoms with E-state index in [2.05, 4.69) is 9.97 Å². The zero-order valence-electron chi connectivity index (χ0n) is 15.8. The number of rotatable bonds is 6. The summed E-state index contributed by atoms with van der Waals surface area (Å²) in [5, 5.41) is 0. The number of Topliss-reactive ketones (excluding diaryl/α,β-unsaturated/α-hetero) is 1. The summed E-state index contributed by atoms with van der Waals surface area (Å²) < 4.78 is 0. The van der Waals surface area contributed by atoms with Gasteiger partial charge in [-0.2, -0.15) is 0 Å². The van der Waals surface area contributed by atoms with E-state index in [0.29, 0.717) is 12.2 Å². The number of carbonyl (C=O) groups excluding carboxylic acids is 1. The van der Waals surface area contributed by atoms with Crippen LogP contribution in [-0.2, 0) is 0 Å². The second kappa shape index (κ2) is 7.99. The van der Waals surface area contributed by atoms with Crippen LogP contribution in [0.25, 0.3) is 11.4 Å². The van der Waals surface area contributed by atoms with E-state index in [1.807, 2.05) is 80.5 Å². The van der Waals surface area contributed by atoms with Crippen molar-refractivity contribution < 1.29 is 4.79 Å². The first kappa shape index (κ1) is 18.6. The van der Waals surface area contributed by atoms with Crippen LogP contribution in [0.15, 0.2) is 65.5 Å². The smallest absolute Gasteiger partial charge is 0.251 e. The van der Waals surface area contributed by atoms with Gasteiger partial charge < -0.3 is 9.88 Å². The van der Waals surface area contributed by atoms with Gasteiger partial charge in [0.2, 0.25) is 0 Å². The highest BCUT2D eigenvalue weighted by molar-refractivity contribution is 5.95. The van der Waals surface area contributed by atoms with Crippen LogP contribution in [0.4, 0.5) is 5.69 Å². The summed E-state index contributed by atoms with van der Waals surface area (Å²) in [6.07, 6.45) is 0.298. The minimum Gasteiger partial charge on any atom is -0.378 e. The largest absolute Gasteiger partial charge is 0.378 e. The molecular formula is C22H23N3O2. The molecule has 0 bridgehead atoms. The maximum atomic E-state index is 12.7. The topological polar surface area (TPSA) is 66.1 Å². The first-order valence-electron chi connectivity index (χ1n) is 8.91. The first-order valence-corrected chi connectivity index (χ1v) is 8.91. The third-order valence-electron chi connectivity index (χ3n) is 4.54. The van der Waals surface area contributed by atoms with Gasteiger partial charge in [0.15, 0.2) is 5.78 Å². The lowest BCUT2D eigenvalue weighted by molar-refractivity contribution is 0.0970. The van der Waals surface area contributed by atoms with Crippen LogP contribution in [0, 0.1) is 0 Å². The predicted octanol–water partition coefficient (Wildman–Crippen LogP) is 3.88. The van der Waals surface area contributed by atoms with E-state index in [1.54, 1.807) is 0 Å². The number of ketones is 1. The second-order valence-electron chi connectivity index (χ2n) is 6.86. The Morgan fingerprint density at radius 1 is 1.07 bits per heavy atom. The molecule has 0 aliphatic rings. The van der Waals surface area contributed by atoms with E-state index < -0.39 is 0 Å². The van der Waals surface area contributed by atoms with Gasteiger partial charge in [-0.05, 0) is 23.6 Å². The average Bonchev–Trinajstić information content (AvgIpc) is 2.68. The monoisotopic (exact) mass is 361 g/mol. The maximum Gasteiger partial charge on any atom is 0.251 e. The predicted molar refractivity (Wildman–Crippen MR) is 108 cm³/mol. The lowest BCUT2D eigenvalue weighted by Gasteiger charge is -2.15. The normalized spacial score (nSPS) is 11.8. The Hall–Kier alpha value is -3.21. The van der Waals surface area contributed by atoms with E-state index >= 15 is 0 Å². The van der Waals surface area contributed by atoms with Gasteiger partial charge in [0, 0.05) is 37.8 Å². The molecule has 0 aliphatic heterocycles. The standard InChI is InChI=1S/C22H23N3O2/c1-15(16-9-11-18(12-10-16)25(2)3)13-20(26)19-14-21(27)24-22(23-19)17-7-5-4-6-8-17/h4-12,14-15H,13H2,1-3H3,(H,23,24,27)/t15-/m0/s1. The van der Waals surface area contributed by atoms with Crippen molar-refractivity contribution in [1.29, 1.82) is 0 Å². The highest BCUT2D eigenvalue weighted by Crippen LogP contribution is 2.23. The van der Waals surface area contributed by atoms with E-state index in [0.717, 1.165) is 16.8 Å². The van der Waals surface area contributed by atoms with Crippen molar-refractivity contribution in [3.8, 4) is 11.4 Å². The molecule has 5 heteroatoms. The zero-order valence-corrected chi connectivity index (χ0v) is 15.8. The van der Waals surface area contributed by atoms with Gasteiger partial charge in [-0.1, -0.05) is 49.4 Å². The summed E-state index contributed by atoms with van der Waals surface area (Å²) in [5.41, 5.74) is 2.85. The molecule has 0 fully saturated rings. The average molecular weight is 361 g/mol. The van der Waals surface area contributed by atoms with Gasteiger partial charge in [0.25, 0.3) is 5.56 Å². The Bertz CT molecular complexity index is 976. The maximum absolute atomic E-state index is 12.7. The Morgan fingerprint density at radius 2 is 1.74 bits per heavy atom. The number of aromatic amines is 1. The quantitative estimate of drug-likeness (QED) is 0.677. The molecule has 2 aromatic carbocycles. The summed E-state index contributed by atoms with van der Waals surface area (Å²) in [6.45, 7) is 2.01. The minimum atomic E-state index is -0.324. The van der Waals surface area contributed by atoms with Gasteiger partial charge in [-0.15, -0.1) is 0 Å². The molecular weight excluding hydrogens is 338 g/mol. The van der Waals surface area contributed by atoms with E-state index in [4.69, 9.17) is 0 Å². The fourth-order valence-corrected chi connectivity index (χ4v) is 2.93. The molecule has 5 nitrogen and oxygen atoms in total. The molecule has 1 N–H and O–H groups in total. The van der Waals surface area contributed by atoms with Crippen LogP contribution in [0.3, 0.4) is 0 Å². The van der Waals surface area contributed by atoms with E-state index in [-0.39, 0.29) is 23.0 Å². The van der Waals surface area contributed by atoms with Crippen molar-refractivity contribution >= 4 is 11.5 Å². The van der Waals surface area contributed by atoms with Crippen LogP contribution >= 0.6 is 0 Å². The summed E-state index contributed by atoms with van der Waals surface area (Å²) >= 11 is 0. The third kappa shape index (κ3) is 4.50. The zero-order chi connectivity index (χ0) is 19.4. The van der Waals surface area contributed by atoms with Crippen molar-refractivity contribution in [1.82, 2.24) is 9.97 Å². The number of nitrogens with one attached hydrogen (secondary N) is 1. The van der Waals surface area contributed by atoms with Gasteiger partial charge >= 0.3 is 0 Å². The summed E-state index contributed by atoms with van der Waals surface area (Å²) in [7, 11) is 3.98. The van der Waals surface area contributed by atoms with E-state index in [9.17, 15) is 9.59 Å². The highest BCUT2D eigenvalue weighted by Gasteiger charge is 2.16. The molecule has 1 heterocycles. The second-order valence-corrected chi connectivity index (χ2v) is 6.86. The van der Waals surface area contributed by atoms with Gasteiger partial charge in [0.05, 0.1) is 0 Å². The highest BCUT2D eigenvalue weighted by atomic mass is 16.1. The van der Waals surface area contributed by atoms with Crippen LogP contribution < -0.4 is 10.5 Å². The molecule has 0 amide bonds.